The van der Waals surface area contributed by atoms with Gasteiger partial charge in [-0.05, 0) is 30.9 Å². The Morgan fingerprint density at radius 2 is 1.90 bits per heavy atom. The Morgan fingerprint density at radius 1 is 1.20 bits per heavy atom. The van der Waals surface area contributed by atoms with Crippen molar-refractivity contribution in [2.45, 2.75) is 32.5 Å². The molecule has 20 heavy (non-hydrogen) atoms. The van der Waals surface area contributed by atoms with Gasteiger partial charge in [-0.25, -0.2) is 0 Å². The predicted octanol–water partition coefficient (Wildman–Crippen LogP) is 3.19. The first-order chi connectivity index (χ1) is 9.59. The second kappa shape index (κ2) is 6.68. The molecule has 1 aromatic carbocycles. The van der Waals surface area contributed by atoms with Gasteiger partial charge in [-0.1, -0.05) is 36.4 Å². The van der Waals surface area contributed by atoms with Gasteiger partial charge in [0.25, 0.3) is 0 Å². The minimum atomic E-state index is -0.599. The molecule has 106 valence electrons. The van der Waals surface area contributed by atoms with Crippen LogP contribution in [0.2, 0.25) is 0 Å². The molecule has 0 aliphatic heterocycles. The molecule has 2 aromatic rings. The highest BCUT2D eigenvalue weighted by Crippen LogP contribution is 2.19. The quantitative estimate of drug-likeness (QED) is 0.918. The van der Waals surface area contributed by atoms with E-state index >= 15 is 0 Å². The monoisotopic (exact) mass is 288 g/mol. The molecular formula is C16H20N2OS. The lowest BCUT2D eigenvalue weighted by molar-refractivity contribution is -0.135. The van der Waals surface area contributed by atoms with Crippen molar-refractivity contribution >= 4 is 17.2 Å². The molecule has 3 nitrogen and oxygen atoms in total. The predicted molar refractivity (Wildman–Crippen MR) is 83.4 cm³/mol. The lowest BCUT2D eigenvalue weighted by atomic mass is 10.1. The van der Waals surface area contributed by atoms with Crippen LogP contribution in [0.3, 0.4) is 0 Å². The number of hydrogen-bond acceptors (Lipinski definition) is 3. The maximum absolute atomic E-state index is 12.6. The number of nitrogens with zero attached hydrogens (tertiary/aromatic N) is 1. The summed E-state index contributed by atoms with van der Waals surface area (Å²) in [6.45, 7) is 4.65. The Labute approximate surface area is 124 Å². The Kier molecular flexibility index (Phi) is 4.93. The maximum atomic E-state index is 12.6. The smallest absolute Gasteiger partial charge is 0.244 e. The van der Waals surface area contributed by atoms with Gasteiger partial charge in [0.1, 0.15) is 6.04 Å². The molecule has 1 amide bonds. The summed E-state index contributed by atoms with van der Waals surface area (Å²) in [6.07, 6.45) is 0. The van der Waals surface area contributed by atoms with Gasteiger partial charge in [0.2, 0.25) is 5.91 Å². The Balaban J connectivity index is 2.15. The SMILES string of the molecule is CC(C)N(Cc1cccs1)C(=O)[C@H](N)c1ccccc1. The lowest BCUT2D eigenvalue weighted by Crippen LogP contribution is -2.42. The molecule has 0 saturated heterocycles. The topological polar surface area (TPSA) is 46.3 Å². The molecule has 0 aliphatic rings. The largest absolute Gasteiger partial charge is 0.333 e. The standard InChI is InChI=1S/C16H20N2OS/c1-12(2)18(11-14-9-6-10-20-14)16(19)15(17)13-7-4-3-5-8-13/h3-10,12,15H,11,17H2,1-2H3/t15-/m1/s1. The fourth-order valence-corrected chi connectivity index (χ4v) is 2.77. The summed E-state index contributed by atoms with van der Waals surface area (Å²) in [5.41, 5.74) is 6.97. The number of rotatable bonds is 5. The average molecular weight is 288 g/mol. The van der Waals surface area contributed by atoms with Crippen LogP contribution in [-0.2, 0) is 11.3 Å². The number of nitrogens with two attached hydrogens (primary N) is 1. The van der Waals surface area contributed by atoms with Gasteiger partial charge in [0.15, 0.2) is 0 Å². The van der Waals surface area contributed by atoms with Crippen LogP contribution in [0.5, 0.6) is 0 Å². The minimum Gasteiger partial charge on any atom is -0.333 e. The molecule has 0 spiro atoms. The van der Waals surface area contributed by atoms with Crippen molar-refractivity contribution in [1.29, 1.82) is 0 Å². The first-order valence-corrected chi connectivity index (χ1v) is 7.61. The summed E-state index contributed by atoms with van der Waals surface area (Å²) < 4.78 is 0. The number of carbonyl (C=O) groups excluding carboxylic acids is 1. The van der Waals surface area contributed by atoms with Gasteiger partial charge in [-0.3, -0.25) is 4.79 Å². The molecule has 1 heterocycles. The van der Waals surface area contributed by atoms with Crippen LogP contribution in [0, 0.1) is 0 Å². The first-order valence-electron chi connectivity index (χ1n) is 6.73. The van der Waals surface area contributed by atoms with E-state index in [0.717, 1.165) is 5.56 Å². The zero-order valence-electron chi connectivity index (χ0n) is 11.8. The maximum Gasteiger partial charge on any atom is 0.244 e. The van der Waals surface area contributed by atoms with Crippen LogP contribution in [0.4, 0.5) is 0 Å². The van der Waals surface area contributed by atoms with Crippen molar-refractivity contribution in [2.75, 3.05) is 0 Å². The molecule has 2 rings (SSSR count). The van der Waals surface area contributed by atoms with Crippen molar-refractivity contribution in [3.05, 3.63) is 58.3 Å². The summed E-state index contributed by atoms with van der Waals surface area (Å²) >= 11 is 1.66. The van der Waals surface area contributed by atoms with Crippen molar-refractivity contribution in [2.24, 2.45) is 5.73 Å². The van der Waals surface area contributed by atoms with Crippen LogP contribution in [0.1, 0.15) is 30.3 Å². The van der Waals surface area contributed by atoms with Gasteiger partial charge >= 0.3 is 0 Å². The van der Waals surface area contributed by atoms with Gasteiger partial charge in [0.05, 0.1) is 6.54 Å². The van der Waals surface area contributed by atoms with E-state index in [9.17, 15) is 4.79 Å². The van der Waals surface area contributed by atoms with Crippen LogP contribution in [-0.4, -0.2) is 16.8 Å². The van der Waals surface area contributed by atoms with Crippen molar-refractivity contribution < 1.29 is 4.79 Å². The summed E-state index contributed by atoms with van der Waals surface area (Å²) in [6, 6.07) is 13.1. The third-order valence-electron chi connectivity index (χ3n) is 3.24. The van der Waals surface area contributed by atoms with Crippen molar-refractivity contribution in [3.8, 4) is 0 Å². The van der Waals surface area contributed by atoms with Crippen molar-refractivity contribution in [3.63, 3.8) is 0 Å². The summed E-state index contributed by atoms with van der Waals surface area (Å²) in [4.78, 5) is 15.6. The third kappa shape index (κ3) is 3.46. The average Bonchev–Trinajstić information content (AvgIpc) is 2.97. The molecule has 0 radical (unpaired) electrons. The second-order valence-corrected chi connectivity index (χ2v) is 6.06. The van der Waals surface area contributed by atoms with E-state index < -0.39 is 6.04 Å². The summed E-state index contributed by atoms with van der Waals surface area (Å²) in [7, 11) is 0. The Bertz CT molecular complexity index is 537. The second-order valence-electron chi connectivity index (χ2n) is 5.03. The van der Waals surface area contributed by atoms with Gasteiger partial charge < -0.3 is 10.6 Å². The highest BCUT2D eigenvalue weighted by molar-refractivity contribution is 7.09. The van der Waals surface area contributed by atoms with E-state index in [1.54, 1.807) is 11.3 Å². The number of carbonyl (C=O) groups is 1. The summed E-state index contributed by atoms with van der Waals surface area (Å²) in [5, 5.41) is 2.02. The van der Waals surface area contributed by atoms with E-state index in [0.29, 0.717) is 6.54 Å². The van der Waals surface area contributed by atoms with Gasteiger partial charge in [0, 0.05) is 10.9 Å². The molecule has 0 aliphatic carbocycles. The van der Waals surface area contributed by atoms with Crippen LogP contribution in [0.15, 0.2) is 47.8 Å². The number of hydrogen-bond donors (Lipinski definition) is 1. The molecule has 0 unspecified atom stereocenters. The zero-order chi connectivity index (χ0) is 14.5. The molecule has 1 aromatic heterocycles. The van der Waals surface area contributed by atoms with Crippen molar-refractivity contribution in [1.82, 2.24) is 4.90 Å². The minimum absolute atomic E-state index is 0.0281. The first kappa shape index (κ1) is 14.8. The van der Waals surface area contributed by atoms with E-state index in [4.69, 9.17) is 5.73 Å². The summed E-state index contributed by atoms with van der Waals surface area (Å²) in [5.74, 6) is -0.0281. The molecule has 0 bridgehead atoms. The van der Waals surface area contributed by atoms with Gasteiger partial charge in [-0.2, -0.15) is 0 Å². The van der Waals surface area contributed by atoms with E-state index in [1.807, 2.05) is 66.6 Å². The van der Waals surface area contributed by atoms with E-state index in [-0.39, 0.29) is 11.9 Å². The Morgan fingerprint density at radius 3 is 2.45 bits per heavy atom. The number of amides is 1. The van der Waals surface area contributed by atoms with Crippen LogP contribution >= 0.6 is 11.3 Å². The third-order valence-corrected chi connectivity index (χ3v) is 4.10. The molecule has 1 atom stereocenters. The normalized spacial score (nSPS) is 12.4. The van der Waals surface area contributed by atoms with E-state index in [1.165, 1.54) is 4.88 Å². The van der Waals surface area contributed by atoms with Crippen LogP contribution < -0.4 is 5.73 Å². The molecular weight excluding hydrogens is 268 g/mol. The number of thiophene rings is 1. The van der Waals surface area contributed by atoms with E-state index in [2.05, 4.69) is 0 Å². The zero-order valence-corrected chi connectivity index (χ0v) is 12.6. The highest BCUT2D eigenvalue weighted by atomic mass is 32.1. The molecule has 4 heteroatoms. The fourth-order valence-electron chi connectivity index (χ4n) is 2.07. The highest BCUT2D eigenvalue weighted by Gasteiger charge is 2.24. The molecule has 2 N–H and O–H groups in total. The molecule has 0 saturated carbocycles. The molecule has 0 fully saturated rings. The Hall–Kier alpha value is -1.65. The fraction of sp³-hybridized carbons (Fsp3) is 0.312. The van der Waals surface area contributed by atoms with Gasteiger partial charge in [-0.15, -0.1) is 11.3 Å². The lowest BCUT2D eigenvalue weighted by Gasteiger charge is -2.29. The van der Waals surface area contributed by atoms with Crippen LogP contribution in [0.25, 0.3) is 0 Å². The number of benzene rings is 1.